The summed E-state index contributed by atoms with van der Waals surface area (Å²) in [5.41, 5.74) is 2.08. The zero-order valence-corrected chi connectivity index (χ0v) is 18.9. The van der Waals surface area contributed by atoms with E-state index in [1.807, 2.05) is 18.2 Å². The molecule has 7 heteroatoms. The Kier molecular flexibility index (Phi) is 7.62. The molecule has 2 heterocycles. The Hall–Kier alpha value is -3.32. The number of carbonyl (C=O) groups is 1. The van der Waals surface area contributed by atoms with Crippen LogP contribution in [0.5, 0.6) is 0 Å². The highest BCUT2D eigenvalue weighted by Crippen LogP contribution is 2.20. The molecule has 1 fully saturated rings. The van der Waals surface area contributed by atoms with Crippen LogP contribution in [-0.2, 0) is 0 Å². The van der Waals surface area contributed by atoms with E-state index in [1.165, 1.54) is 31.4 Å². The summed E-state index contributed by atoms with van der Waals surface area (Å²) in [5, 5.41) is 6.25. The smallest absolute Gasteiger partial charge is 0.251 e. The molecule has 1 aliphatic heterocycles. The minimum Gasteiger partial charge on any atom is -0.352 e. The number of hydrogen-bond acceptors (Lipinski definition) is 5. The first-order chi connectivity index (χ1) is 16.1. The molecule has 2 N–H and O–H groups in total. The minimum atomic E-state index is -0.302. The van der Waals surface area contributed by atoms with Gasteiger partial charge in [-0.2, -0.15) is 0 Å². The Labute approximate surface area is 194 Å². The highest BCUT2D eigenvalue weighted by Gasteiger charge is 2.17. The van der Waals surface area contributed by atoms with Crippen molar-refractivity contribution in [3.8, 4) is 11.4 Å². The summed E-state index contributed by atoms with van der Waals surface area (Å²) >= 11 is 0. The van der Waals surface area contributed by atoms with Crippen LogP contribution in [0.2, 0.25) is 0 Å². The molecule has 1 atom stereocenters. The Morgan fingerprint density at radius 3 is 2.82 bits per heavy atom. The molecule has 3 aromatic rings. The minimum absolute atomic E-state index is 0.0833. The van der Waals surface area contributed by atoms with Gasteiger partial charge in [-0.1, -0.05) is 12.5 Å². The summed E-state index contributed by atoms with van der Waals surface area (Å²) in [6.07, 6.45) is 6.45. The van der Waals surface area contributed by atoms with Gasteiger partial charge in [-0.25, -0.2) is 14.4 Å². The molecule has 0 saturated carbocycles. The Morgan fingerprint density at radius 2 is 2.00 bits per heavy atom. The van der Waals surface area contributed by atoms with Crippen LogP contribution in [0.15, 0.2) is 60.8 Å². The number of anilines is 2. The lowest BCUT2D eigenvalue weighted by Gasteiger charge is -2.33. The molecule has 1 amide bonds. The lowest BCUT2D eigenvalue weighted by molar-refractivity contribution is 0.0949. The fourth-order valence-electron chi connectivity index (χ4n) is 4.13. The van der Waals surface area contributed by atoms with E-state index < -0.39 is 0 Å². The fraction of sp³-hybridized carbons (Fsp3) is 0.346. The van der Waals surface area contributed by atoms with Crippen molar-refractivity contribution in [3.63, 3.8) is 0 Å². The largest absolute Gasteiger partial charge is 0.352 e. The molecule has 6 nitrogen and oxygen atoms in total. The van der Waals surface area contributed by atoms with Gasteiger partial charge in [0, 0.05) is 42.1 Å². The highest BCUT2D eigenvalue weighted by molar-refractivity contribution is 5.95. The van der Waals surface area contributed by atoms with Gasteiger partial charge in [0.15, 0.2) is 5.82 Å². The number of amides is 1. The standard InChI is InChI=1S/C26H30FN5O/c1-19-6-2-3-16-32(19)17-5-14-29-26(33)21-7-4-8-23(18-21)30-24-13-15-28-25(31-24)20-9-11-22(27)12-10-20/h4,7-13,15,18-19H,2-3,5-6,14,16-17H2,1H3,(H,29,33)(H,28,30,31). The highest BCUT2D eigenvalue weighted by atomic mass is 19.1. The molecule has 1 aliphatic rings. The Morgan fingerprint density at radius 1 is 1.15 bits per heavy atom. The molecule has 1 saturated heterocycles. The molecular weight excluding hydrogens is 417 g/mol. The second-order valence-corrected chi connectivity index (χ2v) is 8.47. The number of nitrogens with zero attached hydrogens (tertiary/aromatic N) is 3. The topological polar surface area (TPSA) is 70.2 Å². The fourth-order valence-corrected chi connectivity index (χ4v) is 4.13. The SMILES string of the molecule is CC1CCCCN1CCCNC(=O)c1cccc(Nc2ccnc(-c3ccc(F)cc3)n2)c1. The van der Waals surface area contributed by atoms with Crippen LogP contribution in [0.25, 0.3) is 11.4 Å². The van der Waals surface area contributed by atoms with E-state index in [0.717, 1.165) is 30.8 Å². The Balaban J connectivity index is 1.32. The molecule has 172 valence electrons. The van der Waals surface area contributed by atoms with Crippen LogP contribution in [-0.4, -0.2) is 46.5 Å². The summed E-state index contributed by atoms with van der Waals surface area (Å²) < 4.78 is 13.2. The zero-order valence-electron chi connectivity index (χ0n) is 18.9. The number of benzene rings is 2. The molecule has 0 bridgehead atoms. The van der Waals surface area contributed by atoms with Crippen LogP contribution in [0, 0.1) is 5.82 Å². The first-order valence-corrected chi connectivity index (χ1v) is 11.6. The summed E-state index contributed by atoms with van der Waals surface area (Å²) in [6.45, 7) is 5.13. The molecule has 33 heavy (non-hydrogen) atoms. The molecule has 2 aromatic carbocycles. The van der Waals surface area contributed by atoms with Gasteiger partial charge in [0.25, 0.3) is 5.91 Å². The summed E-state index contributed by atoms with van der Waals surface area (Å²) in [7, 11) is 0. The van der Waals surface area contributed by atoms with Crippen molar-refractivity contribution in [2.45, 2.75) is 38.6 Å². The molecule has 0 spiro atoms. The summed E-state index contributed by atoms with van der Waals surface area (Å²) in [6, 6.07) is 15.8. The number of aromatic nitrogens is 2. The lowest BCUT2D eigenvalue weighted by atomic mass is 10.0. The maximum absolute atomic E-state index is 13.2. The summed E-state index contributed by atoms with van der Waals surface area (Å²) in [4.78, 5) is 23.9. The monoisotopic (exact) mass is 447 g/mol. The van der Waals surface area contributed by atoms with Gasteiger partial charge in [-0.15, -0.1) is 0 Å². The number of carbonyl (C=O) groups excluding carboxylic acids is 1. The van der Waals surface area contributed by atoms with E-state index >= 15 is 0 Å². The van der Waals surface area contributed by atoms with Crippen molar-refractivity contribution < 1.29 is 9.18 Å². The second-order valence-electron chi connectivity index (χ2n) is 8.47. The third-order valence-electron chi connectivity index (χ3n) is 6.00. The van der Waals surface area contributed by atoms with Crippen molar-refractivity contribution in [2.24, 2.45) is 0 Å². The molecule has 1 unspecified atom stereocenters. The molecule has 1 aromatic heterocycles. The maximum Gasteiger partial charge on any atom is 0.251 e. The van der Waals surface area contributed by atoms with Crippen molar-refractivity contribution >= 4 is 17.4 Å². The number of halogens is 1. The normalized spacial score (nSPS) is 16.4. The third kappa shape index (κ3) is 6.35. The van der Waals surface area contributed by atoms with Crippen molar-refractivity contribution in [1.29, 1.82) is 0 Å². The maximum atomic E-state index is 13.2. The van der Waals surface area contributed by atoms with E-state index in [1.54, 1.807) is 30.5 Å². The van der Waals surface area contributed by atoms with Gasteiger partial charge >= 0.3 is 0 Å². The number of nitrogens with one attached hydrogen (secondary N) is 2. The van der Waals surface area contributed by atoms with E-state index in [9.17, 15) is 9.18 Å². The van der Waals surface area contributed by atoms with Gasteiger partial charge < -0.3 is 15.5 Å². The average Bonchev–Trinajstić information content (AvgIpc) is 2.83. The average molecular weight is 448 g/mol. The molecule has 0 radical (unpaired) electrons. The first-order valence-electron chi connectivity index (χ1n) is 11.6. The second kappa shape index (κ2) is 11.0. The van der Waals surface area contributed by atoms with Gasteiger partial charge in [-0.05, 0) is 81.3 Å². The quantitative estimate of drug-likeness (QED) is 0.475. The van der Waals surface area contributed by atoms with Crippen molar-refractivity contribution in [3.05, 3.63) is 72.2 Å². The van der Waals surface area contributed by atoms with E-state index in [4.69, 9.17) is 0 Å². The molecule has 4 rings (SSSR count). The molecular formula is C26H30FN5O. The van der Waals surface area contributed by atoms with E-state index in [0.29, 0.717) is 29.8 Å². The number of piperidine rings is 1. The van der Waals surface area contributed by atoms with Gasteiger partial charge in [0.05, 0.1) is 0 Å². The van der Waals surface area contributed by atoms with Gasteiger partial charge in [0.2, 0.25) is 0 Å². The number of likely N-dealkylation sites (tertiary alicyclic amines) is 1. The van der Waals surface area contributed by atoms with E-state index in [-0.39, 0.29) is 11.7 Å². The van der Waals surface area contributed by atoms with Crippen LogP contribution >= 0.6 is 0 Å². The van der Waals surface area contributed by atoms with Gasteiger partial charge in [0.1, 0.15) is 11.6 Å². The third-order valence-corrected chi connectivity index (χ3v) is 6.00. The molecule has 0 aliphatic carbocycles. The van der Waals surface area contributed by atoms with Crippen LogP contribution in [0.1, 0.15) is 43.0 Å². The predicted molar refractivity (Wildman–Crippen MR) is 129 cm³/mol. The van der Waals surface area contributed by atoms with Crippen LogP contribution in [0.4, 0.5) is 15.9 Å². The van der Waals surface area contributed by atoms with E-state index in [2.05, 4.69) is 32.4 Å². The Bertz CT molecular complexity index is 1070. The number of hydrogen-bond donors (Lipinski definition) is 2. The van der Waals surface area contributed by atoms with Crippen LogP contribution in [0.3, 0.4) is 0 Å². The predicted octanol–water partition coefficient (Wildman–Crippen LogP) is 5.02. The van der Waals surface area contributed by atoms with Crippen molar-refractivity contribution in [2.75, 3.05) is 25.0 Å². The lowest BCUT2D eigenvalue weighted by Crippen LogP contribution is -2.39. The first kappa shape index (κ1) is 22.9. The number of rotatable bonds is 8. The van der Waals surface area contributed by atoms with Gasteiger partial charge in [-0.3, -0.25) is 4.79 Å². The van der Waals surface area contributed by atoms with Crippen molar-refractivity contribution in [1.82, 2.24) is 20.2 Å². The zero-order chi connectivity index (χ0) is 23.0. The summed E-state index contributed by atoms with van der Waals surface area (Å²) in [5.74, 6) is 0.707. The van der Waals surface area contributed by atoms with Crippen LogP contribution < -0.4 is 10.6 Å².